The molecule has 7 nitrogen and oxygen atoms in total. The Morgan fingerprint density at radius 2 is 1.63 bits per heavy atom. The van der Waals surface area contributed by atoms with Crippen molar-refractivity contribution in [1.82, 2.24) is 0 Å². The second kappa shape index (κ2) is 12.2. The quantitative estimate of drug-likeness (QED) is 0.153. The Kier molecular flexibility index (Phi) is 8.31. The van der Waals surface area contributed by atoms with Crippen molar-refractivity contribution in [3.8, 4) is 16.9 Å². The summed E-state index contributed by atoms with van der Waals surface area (Å²) in [6.07, 6.45) is 0.477. The fourth-order valence-corrected chi connectivity index (χ4v) is 5.70. The van der Waals surface area contributed by atoms with Crippen LogP contribution >= 0.6 is 11.3 Å². The summed E-state index contributed by atoms with van der Waals surface area (Å²) in [5.74, 6) is -0.522. The van der Waals surface area contributed by atoms with Crippen LogP contribution in [0.4, 0.5) is 5.00 Å². The highest BCUT2D eigenvalue weighted by Gasteiger charge is 2.23. The largest absolute Gasteiger partial charge is 0.483 e. The molecule has 0 radical (unpaired) electrons. The first kappa shape index (κ1) is 27.9. The monoisotopic (exact) mass is 567 g/mol. The van der Waals surface area contributed by atoms with Crippen LogP contribution in [0.15, 0.2) is 87.4 Å². The molecule has 2 heterocycles. The number of thiophene rings is 1. The maximum Gasteiger partial charge on any atom is 0.341 e. The van der Waals surface area contributed by atoms with E-state index in [1.54, 1.807) is 19.9 Å². The van der Waals surface area contributed by atoms with Gasteiger partial charge in [0.15, 0.2) is 6.61 Å². The lowest BCUT2D eigenvalue weighted by molar-refractivity contribution is -0.118. The number of esters is 1. The van der Waals surface area contributed by atoms with Crippen LogP contribution in [0.5, 0.6) is 5.75 Å². The number of nitrogens with one attached hydrogen (secondary N) is 1. The van der Waals surface area contributed by atoms with E-state index in [4.69, 9.17) is 13.9 Å². The molecule has 0 fully saturated rings. The average molecular weight is 568 g/mol. The van der Waals surface area contributed by atoms with E-state index in [0.29, 0.717) is 45.0 Å². The average Bonchev–Trinajstić information content (AvgIpc) is 3.40. The number of rotatable bonds is 9. The number of ether oxygens (including phenoxy) is 2. The van der Waals surface area contributed by atoms with E-state index >= 15 is 0 Å². The minimum Gasteiger partial charge on any atom is -0.483 e. The molecule has 208 valence electrons. The molecule has 0 spiro atoms. The van der Waals surface area contributed by atoms with E-state index in [1.807, 2.05) is 79.0 Å². The number of hydrogen-bond acceptors (Lipinski definition) is 7. The fraction of sp³-hybridized carbons (Fsp3) is 0.182. The topological polar surface area (TPSA) is 94.8 Å². The van der Waals surface area contributed by atoms with E-state index in [1.165, 1.54) is 11.3 Å². The van der Waals surface area contributed by atoms with E-state index < -0.39 is 17.5 Å². The molecule has 5 rings (SSSR count). The SMILES string of the molecule is CCOC(=O)c1c(-c2ccccc2)csc1NC(=O)COc1ccc2c(C)c(Cc3ccccc3)c(=O)oc2c1C. The van der Waals surface area contributed by atoms with E-state index in [-0.39, 0.29) is 13.2 Å². The molecule has 0 aliphatic rings. The highest BCUT2D eigenvalue weighted by Crippen LogP contribution is 2.36. The lowest BCUT2D eigenvalue weighted by Crippen LogP contribution is -2.21. The van der Waals surface area contributed by atoms with Crippen LogP contribution in [0.25, 0.3) is 22.1 Å². The Morgan fingerprint density at radius 1 is 0.927 bits per heavy atom. The van der Waals surface area contributed by atoms with Crippen molar-refractivity contribution < 1.29 is 23.5 Å². The first-order chi connectivity index (χ1) is 19.9. The van der Waals surface area contributed by atoms with Gasteiger partial charge in [0.2, 0.25) is 0 Å². The number of anilines is 1. The molecular formula is C33H29NO6S. The normalized spacial score (nSPS) is 10.9. The molecule has 0 aliphatic carbocycles. The molecular weight excluding hydrogens is 538 g/mol. The molecule has 0 aliphatic heterocycles. The third-order valence-corrected chi connectivity index (χ3v) is 7.74. The summed E-state index contributed by atoms with van der Waals surface area (Å²) in [6.45, 7) is 5.35. The minimum absolute atomic E-state index is 0.212. The molecule has 0 unspecified atom stereocenters. The van der Waals surface area contributed by atoms with Gasteiger partial charge in [0.1, 0.15) is 21.9 Å². The molecule has 8 heteroatoms. The van der Waals surface area contributed by atoms with Gasteiger partial charge in [-0.1, -0.05) is 60.7 Å². The molecule has 0 saturated carbocycles. The van der Waals surface area contributed by atoms with Crippen molar-refractivity contribution in [1.29, 1.82) is 0 Å². The molecule has 0 atom stereocenters. The Morgan fingerprint density at radius 3 is 2.34 bits per heavy atom. The first-order valence-corrected chi connectivity index (χ1v) is 14.1. The van der Waals surface area contributed by atoms with Crippen LogP contribution in [0.2, 0.25) is 0 Å². The van der Waals surface area contributed by atoms with Gasteiger partial charge in [0, 0.05) is 33.9 Å². The van der Waals surface area contributed by atoms with Crippen molar-refractivity contribution in [3.63, 3.8) is 0 Å². The van der Waals surface area contributed by atoms with Crippen LogP contribution < -0.4 is 15.7 Å². The van der Waals surface area contributed by atoms with Crippen LogP contribution in [-0.4, -0.2) is 25.1 Å². The molecule has 3 aromatic carbocycles. The van der Waals surface area contributed by atoms with Gasteiger partial charge in [0.25, 0.3) is 5.91 Å². The highest BCUT2D eigenvalue weighted by atomic mass is 32.1. The molecule has 2 aromatic heterocycles. The molecule has 41 heavy (non-hydrogen) atoms. The maximum absolute atomic E-state index is 12.9. The predicted octanol–water partition coefficient (Wildman–Crippen LogP) is 6.92. The summed E-state index contributed by atoms with van der Waals surface area (Å²) in [4.78, 5) is 38.6. The first-order valence-electron chi connectivity index (χ1n) is 13.2. The summed E-state index contributed by atoms with van der Waals surface area (Å²) >= 11 is 1.25. The van der Waals surface area contributed by atoms with Gasteiger partial charge in [-0.2, -0.15) is 0 Å². The lowest BCUT2D eigenvalue weighted by atomic mass is 9.98. The van der Waals surface area contributed by atoms with Gasteiger partial charge in [0.05, 0.1) is 6.61 Å². The predicted molar refractivity (Wildman–Crippen MR) is 161 cm³/mol. The summed E-state index contributed by atoms with van der Waals surface area (Å²) < 4.78 is 16.8. The minimum atomic E-state index is -0.508. The zero-order valence-corrected chi connectivity index (χ0v) is 23.8. The Labute approximate surface area is 241 Å². The second-order valence-corrected chi connectivity index (χ2v) is 10.4. The second-order valence-electron chi connectivity index (χ2n) is 9.50. The Hall–Kier alpha value is -4.69. The Balaban J connectivity index is 1.35. The standard InChI is InChI=1S/C33H29NO6S/c1-4-38-33(37)29-26(23-13-9-6-10-14-23)19-41-31(29)34-28(35)18-39-27-16-15-24-20(2)25(17-22-11-7-5-8-12-22)32(36)40-30(24)21(27)3/h5-16,19H,4,17-18H2,1-3H3,(H,34,35). The van der Waals surface area contributed by atoms with Gasteiger partial charge in [-0.15, -0.1) is 11.3 Å². The van der Waals surface area contributed by atoms with Crippen molar-refractivity contribution in [2.24, 2.45) is 0 Å². The van der Waals surface area contributed by atoms with E-state index in [0.717, 1.165) is 22.1 Å². The fourth-order valence-electron chi connectivity index (χ4n) is 4.72. The molecule has 1 N–H and O–H groups in total. The molecule has 1 amide bonds. The van der Waals surface area contributed by atoms with Crippen LogP contribution in [0.1, 0.15) is 39.5 Å². The lowest BCUT2D eigenvalue weighted by Gasteiger charge is -2.13. The number of carbonyl (C=O) groups is 2. The maximum atomic E-state index is 12.9. The molecule has 0 bridgehead atoms. The van der Waals surface area contributed by atoms with Crippen molar-refractivity contribution in [2.45, 2.75) is 27.2 Å². The molecule has 5 aromatic rings. The van der Waals surface area contributed by atoms with Crippen LogP contribution in [-0.2, 0) is 16.0 Å². The summed E-state index contributed by atoms with van der Waals surface area (Å²) in [5.41, 5.74) is 4.99. The number of aryl methyl sites for hydroxylation is 2. The third kappa shape index (κ3) is 5.93. The van der Waals surface area contributed by atoms with Gasteiger partial charge in [-0.05, 0) is 49.6 Å². The summed E-state index contributed by atoms with van der Waals surface area (Å²) in [5, 5.41) is 5.82. The number of amides is 1. The van der Waals surface area contributed by atoms with Crippen LogP contribution in [0.3, 0.4) is 0 Å². The van der Waals surface area contributed by atoms with Gasteiger partial charge >= 0.3 is 11.6 Å². The zero-order valence-electron chi connectivity index (χ0n) is 23.0. The highest BCUT2D eigenvalue weighted by molar-refractivity contribution is 7.15. The third-order valence-electron chi connectivity index (χ3n) is 6.84. The summed E-state index contributed by atoms with van der Waals surface area (Å²) in [7, 11) is 0. The number of hydrogen-bond donors (Lipinski definition) is 1. The van der Waals surface area contributed by atoms with Gasteiger partial charge < -0.3 is 19.2 Å². The van der Waals surface area contributed by atoms with Gasteiger partial charge in [-0.3, -0.25) is 4.79 Å². The van der Waals surface area contributed by atoms with Crippen molar-refractivity contribution >= 4 is 39.2 Å². The number of benzene rings is 3. The summed E-state index contributed by atoms with van der Waals surface area (Å²) in [6, 6.07) is 22.8. The van der Waals surface area contributed by atoms with Crippen molar-refractivity contribution in [3.05, 3.63) is 116 Å². The number of fused-ring (bicyclic) bond motifs is 1. The Bertz CT molecular complexity index is 1770. The van der Waals surface area contributed by atoms with Crippen LogP contribution in [0, 0.1) is 13.8 Å². The van der Waals surface area contributed by atoms with Gasteiger partial charge in [-0.25, -0.2) is 9.59 Å². The molecule has 0 saturated heterocycles. The van der Waals surface area contributed by atoms with Crippen molar-refractivity contribution in [2.75, 3.05) is 18.5 Å². The zero-order chi connectivity index (χ0) is 28.9. The van der Waals surface area contributed by atoms with E-state index in [9.17, 15) is 14.4 Å². The number of carbonyl (C=O) groups excluding carboxylic acids is 2. The van der Waals surface area contributed by atoms with E-state index in [2.05, 4.69) is 5.32 Å². The smallest absolute Gasteiger partial charge is 0.341 e.